The fourth-order valence-corrected chi connectivity index (χ4v) is 4.50. The SMILES string of the molecule is COC(=O)[C@@H]1CSCc2c(OC(C)=O)cc(OC(C)=O)c(C)c2C(=O)OC[C@H](NC(=O)OC(C)(C)C)C(=O)N1. The highest BCUT2D eigenvalue weighted by Gasteiger charge is 2.33. The maximum atomic E-state index is 13.3. The smallest absolute Gasteiger partial charge is 0.408 e. The number of methoxy groups -OCH3 is 1. The molecule has 0 fully saturated rings. The number of amides is 2. The third-order valence-electron chi connectivity index (χ3n) is 5.04. The summed E-state index contributed by atoms with van der Waals surface area (Å²) in [6, 6.07) is -1.27. The summed E-state index contributed by atoms with van der Waals surface area (Å²) in [5.74, 6) is -3.93. The van der Waals surface area contributed by atoms with Gasteiger partial charge in [-0.25, -0.2) is 14.4 Å². The molecule has 2 rings (SSSR count). The average Bonchev–Trinajstić information content (AvgIpc) is 2.80. The van der Waals surface area contributed by atoms with Gasteiger partial charge in [0, 0.05) is 42.5 Å². The third kappa shape index (κ3) is 9.16. The Morgan fingerprint density at radius 3 is 2.26 bits per heavy atom. The summed E-state index contributed by atoms with van der Waals surface area (Å²) in [5.41, 5.74) is -0.501. The molecule has 1 heterocycles. The number of esters is 4. The van der Waals surface area contributed by atoms with Gasteiger partial charge in [-0.1, -0.05) is 0 Å². The van der Waals surface area contributed by atoms with Crippen LogP contribution in [-0.2, 0) is 39.1 Å². The van der Waals surface area contributed by atoms with E-state index in [9.17, 15) is 28.8 Å². The Labute approximate surface area is 229 Å². The summed E-state index contributed by atoms with van der Waals surface area (Å²) in [7, 11) is 1.15. The van der Waals surface area contributed by atoms with E-state index in [1.165, 1.54) is 13.0 Å². The Kier molecular flexibility index (Phi) is 10.7. The number of carbonyl (C=O) groups excluding carboxylic acids is 6. The van der Waals surface area contributed by atoms with Crippen LogP contribution in [0.1, 0.15) is 56.1 Å². The molecule has 2 N–H and O–H groups in total. The number of thioether (sulfide) groups is 1. The van der Waals surface area contributed by atoms with Crippen molar-refractivity contribution in [2.45, 2.75) is 65.0 Å². The van der Waals surface area contributed by atoms with Gasteiger partial charge in [0.25, 0.3) is 0 Å². The Balaban J connectivity index is 2.59. The normalized spacial score (nSPS) is 18.1. The first kappa shape index (κ1) is 31.4. The highest BCUT2D eigenvalue weighted by Crippen LogP contribution is 2.37. The number of hydrogen-bond acceptors (Lipinski definition) is 12. The molecule has 0 saturated heterocycles. The maximum Gasteiger partial charge on any atom is 0.408 e. The first-order valence-corrected chi connectivity index (χ1v) is 12.9. The summed E-state index contributed by atoms with van der Waals surface area (Å²) >= 11 is 1.12. The Morgan fingerprint density at radius 1 is 1.08 bits per heavy atom. The monoisotopic (exact) mass is 568 g/mol. The largest absolute Gasteiger partial charge is 0.467 e. The zero-order valence-electron chi connectivity index (χ0n) is 22.8. The van der Waals surface area contributed by atoms with Gasteiger partial charge in [0.05, 0.1) is 12.7 Å². The zero-order valence-corrected chi connectivity index (χ0v) is 23.6. The highest BCUT2D eigenvalue weighted by atomic mass is 32.2. The lowest BCUT2D eigenvalue weighted by Crippen LogP contribution is -2.55. The zero-order chi connectivity index (χ0) is 29.5. The van der Waals surface area contributed by atoms with Gasteiger partial charge in [-0.05, 0) is 27.7 Å². The molecule has 0 saturated carbocycles. The van der Waals surface area contributed by atoms with Crippen LogP contribution in [0.15, 0.2) is 6.07 Å². The second kappa shape index (κ2) is 13.3. The number of nitrogens with one attached hydrogen (secondary N) is 2. The minimum Gasteiger partial charge on any atom is -0.467 e. The van der Waals surface area contributed by atoms with Crippen molar-refractivity contribution in [2.75, 3.05) is 19.5 Å². The summed E-state index contributed by atoms with van der Waals surface area (Å²) < 4.78 is 25.9. The molecule has 0 aromatic heterocycles. The highest BCUT2D eigenvalue weighted by molar-refractivity contribution is 7.98. The molecule has 13 nitrogen and oxygen atoms in total. The average molecular weight is 569 g/mol. The van der Waals surface area contributed by atoms with Gasteiger partial charge < -0.3 is 34.3 Å². The maximum absolute atomic E-state index is 13.3. The molecular weight excluding hydrogens is 536 g/mol. The van der Waals surface area contributed by atoms with E-state index in [2.05, 4.69) is 10.6 Å². The molecule has 14 heteroatoms. The summed E-state index contributed by atoms with van der Waals surface area (Å²) in [6.07, 6.45) is -0.958. The molecule has 0 aliphatic carbocycles. The Bertz CT molecular complexity index is 1160. The number of hydrogen-bond donors (Lipinski definition) is 2. The minimum absolute atomic E-state index is 0.00366. The number of fused-ring (bicyclic) bond motifs is 1. The first-order chi connectivity index (χ1) is 18.1. The second-order valence-electron chi connectivity index (χ2n) is 9.44. The van der Waals surface area contributed by atoms with Crippen LogP contribution < -0.4 is 20.1 Å². The van der Waals surface area contributed by atoms with Crippen LogP contribution in [0.25, 0.3) is 0 Å². The summed E-state index contributed by atoms with van der Waals surface area (Å²) in [4.78, 5) is 74.7. The topological polar surface area (TPSA) is 173 Å². The van der Waals surface area contributed by atoms with Gasteiger partial charge in [0.15, 0.2) is 0 Å². The van der Waals surface area contributed by atoms with Crippen molar-refractivity contribution in [3.8, 4) is 11.5 Å². The van der Waals surface area contributed by atoms with E-state index in [1.54, 1.807) is 20.8 Å². The molecule has 1 aliphatic rings. The van der Waals surface area contributed by atoms with Crippen LogP contribution in [0, 0.1) is 6.92 Å². The van der Waals surface area contributed by atoms with Gasteiger partial charge in [0.1, 0.15) is 35.8 Å². The quantitative estimate of drug-likeness (QED) is 0.307. The fourth-order valence-electron chi connectivity index (χ4n) is 3.44. The molecule has 1 aromatic carbocycles. The van der Waals surface area contributed by atoms with E-state index < -0.39 is 60.2 Å². The molecule has 0 spiro atoms. The van der Waals surface area contributed by atoms with Crippen LogP contribution in [0.5, 0.6) is 11.5 Å². The van der Waals surface area contributed by atoms with E-state index in [-0.39, 0.29) is 39.7 Å². The van der Waals surface area contributed by atoms with Gasteiger partial charge in [-0.3, -0.25) is 14.4 Å². The second-order valence-corrected chi connectivity index (χ2v) is 10.5. The van der Waals surface area contributed by atoms with Crippen molar-refractivity contribution in [2.24, 2.45) is 0 Å². The molecule has 0 unspecified atom stereocenters. The van der Waals surface area contributed by atoms with Crippen LogP contribution in [0.4, 0.5) is 4.79 Å². The number of carbonyl (C=O) groups is 6. The number of ether oxygens (including phenoxy) is 5. The van der Waals surface area contributed by atoms with Crippen LogP contribution in [0.3, 0.4) is 0 Å². The lowest BCUT2D eigenvalue weighted by Gasteiger charge is -2.26. The summed E-state index contributed by atoms with van der Waals surface area (Å²) in [5, 5.41) is 4.83. The molecule has 1 aromatic rings. The molecule has 39 heavy (non-hydrogen) atoms. The van der Waals surface area contributed by atoms with E-state index in [4.69, 9.17) is 23.7 Å². The minimum atomic E-state index is -1.45. The lowest BCUT2D eigenvalue weighted by molar-refractivity contribution is -0.144. The third-order valence-corrected chi connectivity index (χ3v) is 6.10. The van der Waals surface area contributed by atoms with Crippen molar-refractivity contribution in [3.05, 3.63) is 22.8 Å². The first-order valence-electron chi connectivity index (χ1n) is 11.8. The summed E-state index contributed by atoms with van der Waals surface area (Å²) in [6.45, 7) is 8.06. The molecule has 2 amide bonds. The van der Waals surface area contributed by atoms with Crippen molar-refractivity contribution < 1.29 is 52.5 Å². The van der Waals surface area contributed by atoms with Crippen LogP contribution in [-0.4, -0.2) is 73.0 Å². The van der Waals surface area contributed by atoms with Crippen LogP contribution >= 0.6 is 11.8 Å². The molecule has 1 aliphatic heterocycles. The predicted molar refractivity (Wildman–Crippen MR) is 137 cm³/mol. The van der Waals surface area contributed by atoms with E-state index in [1.807, 2.05) is 0 Å². The van der Waals surface area contributed by atoms with Crippen molar-refractivity contribution in [3.63, 3.8) is 0 Å². The predicted octanol–water partition coefficient (Wildman–Crippen LogP) is 1.80. The number of benzene rings is 1. The molecule has 214 valence electrons. The Hall–Kier alpha value is -3.81. The van der Waals surface area contributed by atoms with E-state index in [0.717, 1.165) is 32.7 Å². The van der Waals surface area contributed by atoms with E-state index in [0.29, 0.717) is 0 Å². The fraction of sp³-hybridized carbons (Fsp3) is 0.520. The van der Waals surface area contributed by atoms with E-state index >= 15 is 0 Å². The number of cyclic esters (lactones) is 1. The van der Waals surface area contributed by atoms with Crippen molar-refractivity contribution in [1.29, 1.82) is 0 Å². The van der Waals surface area contributed by atoms with Gasteiger partial charge in [-0.2, -0.15) is 11.8 Å². The lowest BCUT2D eigenvalue weighted by atomic mass is 10.0. The molecular formula is C25H32N2O11S. The molecule has 2 atom stereocenters. The number of alkyl carbamates (subject to hydrolysis) is 1. The van der Waals surface area contributed by atoms with Gasteiger partial charge in [0.2, 0.25) is 5.91 Å². The number of rotatable bonds is 4. The van der Waals surface area contributed by atoms with Crippen molar-refractivity contribution in [1.82, 2.24) is 10.6 Å². The van der Waals surface area contributed by atoms with Crippen molar-refractivity contribution >= 4 is 47.6 Å². The van der Waals surface area contributed by atoms with Gasteiger partial charge in [-0.15, -0.1) is 0 Å². The molecule has 0 bridgehead atoms. The van der Waals surface area contributed by atoms with Crippen LogP contribution in [0.2, 0.25) is 0 Å². The standard InChI is InChI=1S/C25H32N2O11S/c1-12-18(36-13(2)28)8-19(37-14(3)29)15-10-39-11-17(22(31)34-7)26-21(30)16(9-35-23(32)20(12)15)27-24(33)38-25(4,5)6/h8,16-17H,9-11H2,1-7H3,(H,26,30)(H,27,33)/t16-,17-/m0/s1. The Morgan fingerprint density at radius 2 is 1.69 bits per heavy atom. The van der Waals surface area contributed by atoms with Gasteiger partial charge >= 0.3 is 30.0 Å². The molecule has 0 radical (unpaired) electrons.